The Bertz CT molecular complexity index is 502. The lowest BCUT2D eigenvalue weighted by molar-refractivity contribution is 0.100. The number of hydrogen-bond acceptors (Lipinski definition) is 2. The molecule has 0 amide bonds. The van der Waals surface area contributed by atoms with Crippen LogP contribution in [0.15, 0.2) is 36.8 Å². The molecule has 0 spiro atoms. The summed E-state index contributed by atoms with van der Waals surface area (Å²) in [5.41, 5.74) is 1.49. The Hall–Kier alpha value is -1.97. The van der Waals surface area contributed by atoms with E-state index in [-0.39, 0.29) is 11.6 Å². The molecular weight excluding hydrogens is 207 g/mol. The van der Waals surface area contributed by atoms with Crippen molar-refractivity contribution < 1.29 is 9.18 Å². The third-order valence-electron chi connectivity index (χ3n) is 2.34. The first-order valence-corrected chi connectivity index (χ1v) is 4.92. The highest BCUT2D eigenvalue weighted by Gasteiger charge is 2.06. The van der Waals surface area contributed by atoms with Crippen LogP contribution in [0.5, 0.6) is 0 Å². The molecule has 3 nitrogen and oxygen atoms in total. The number of nitrogens with zero attached hydrogens (tertiary/aromatic N) is 2. The molecule has 0 atom stereocenters. The van der Waals surface area contributed by atoms with Crippen molar-refractivity contribution in [3.63, 3.8) is 0 Å². The van der Waals surface area contributed by atoms with Crippen LogP contribution < -0.4 is 0 Å². The molecule has 82 valence electrons. The highest BCUT2D eigenvalue weighted by atomic mass is 19.1. The lowest BCUT2D eigenvalue weighted by Gasteiger charge is -2.05. The van der Waals surface area contributed by atoms with Gasteiger partial charge in [0.25, 0.3) is 0 Å². The Balaban J connectivity index is 2.23. The molecule has 4 heteroatoms. The summed E-state index contributed by atoms with van der Waals surface area (Å²) in [5, 5.41) is 0. The van der Waals surface area contributed by atoms with Crippen LogP contribution in [0.2, 0.25) is 0 Å². The molecule has 0 saturated heterocycles. The second-order valence-electron chi connectivity index (χ2n) is 3.59. The Kier molecular flexibility index (Phi) is 2.81. The zero-order valence-electron chi connectivity index (χ0n) is 8.85. The molecule has 2 aromatic rings. The van der Waals surface area contributed by atoms with Crippen molar-refractivity contribution in [2.75, 3.05) is 0 Å². The van der Waals surface area contributed by atoms with E-state index in [2.05, 4.69) is 4.98 Å². The SMILES string of the molecule is CC(=O)c1cncn1Cc1ccc(F)cc1. The minimum absolute atomic E-state index is 0.0281. The van der Waals surface area contributed by atoms with E-state index in [0.29, 0.717) is 12.2 Å². The van der Waals surface area contributed by atoms with Gasteiger partial charge in [0.2, 0.25) is 0 Å². The first-order chi connectivity index (χ1) is 7.66. The van der Waals surface area contributed by atoms with Crippen molar-refractivity contribution in [1.29, 1.82) is 0 Å². The molecule has 1 aromatic heterocycles. The molecule has 0 unspecified atom stereocenters. The first-order valence-electron chi connectivity index (χ1n) is 4.92. The number of aromatic nitrogens is 2. The molecule has 1 aromatic carbocycles. The zero-order chi connectivity index (χ0) is 11.5. The number of halogens is 1. The molecule has 2 rings (SSSR count). The maximum Gasteiger partial charge on any atom is 0.177 e. The molecule has 0 radical (unpaired) electrons. The van der Waals surface area contributed by atoms with Crippen LogP contribution in [-0.4, -0.2) is 15.3 Å². The van der Waals surface area contributed by atoms with Crippen LogP contribution in [0, 0.1) is 5.82 Å². The fourth-order valence-corrected chi connectivity index (χ4v) is 1.53. The van der Waals surface area contributed by atoms with E-state index in [1.54, 1.807) is 23.0 Å². The number of rotatable bonds is 3. The van der Waals surface area contributed by atoms with Gasteiger partial charge >= 0.3 is 0 Å². The predicted octanol–water partition coefficient (Wildman–Crippen LogP) is 2.27. The van der Waals surface area contributed by atoms with Gasteiger partial charge in [-0.15, -0.1) is 0 Å². The predicted molar refractivity (Wildman–Crippen MR) is 57.7 cm³/mol. The van der Waals surface area contributed by atoms with E-state index in [0.717, 1.165) is 5.56 Å². The highest BCUT2D eigenvalue weighted by molar-refractivity contribution is 5.92. The van der Waals surface area contributed by atoms with Crippen molar-refractivity contribution in [2.24, 2.45) is 0 Å². The van der Waals surface area contributed by atoms with E-state index in [4.69, 9.17) is 0 Å². The third-order valence-corrected chi connectivity index (χ3v) is 2.34. The minimum atomic E-state index is -0.263. The van der Waals surface area contributed by atoms with Crippen molar-refractivity contribution in [3.8, 4) is 0 Å². The van der Waals surface area contributed by atoms with Gasteiger partial charge in [-0.25, -0.2) is 9.37 Å². The van der Waals surface area contributed by atoms with E-state index < -0.39 is 0 Å². The second kappa shape index (κ2) is 4.26. The molecule has 1 heterocycles. The Morgan fingerprint density at radius 3 is 2.69 bits per heavy atom. The number of imidazole rings is 1. The lowest BCUT2D eigenvalue weighted by atomic mass is 10.2. The van der Waals surface area contributed by atoms with Gasteiger partial charge in [0.15, 0.2) is 5.78 Å². The standard InChI is InChI=1S/C12H11FN2O/c1-9(16)12-6-14-8-15(12)7-10-2-4-11(13)5-3-10/h2-6,8H,7H2,1H3. The van der Waals surface area contributed by atoms with E-state index in [1.807, 2.05) is 0 Å². The molecule has 0 aliphatic carbocycles. The zero-order valence-corrected chi connectivity index (χ0v) is 8.85. The summed E-state index contributed by atoms with van der Waals surface area (Å²) in [7, 11) is 0. The Labute approximate surface area is 92.5 Å². The van der Waals surface area contributed by atoms with Gasteiger partial charge in [-0.3, -0.25) is 4.79 Å². The fraction of sp³-hybridized carbons (Fsp3) is 0.167. The van der Waals surface area contributed by atoms with E-state index >= 15 is 0 Å². The summed E-state index contributed by atoms with van der Waals surface area (Å²) in [6, 6.07) is 6.19. The number of carbonyl (C=O) groups is 1. The van der Waals surface area contributed by atoms with Crippen molar-refractivity contribution >= 4 is 5.78 Å². The van der Waals surface area contributed by atoms with Gasteiger partial charge in [-0.05, 0) is 17.7 Å². The van der Waals surface area contributed by atoms with Gasteiger partial charge in [-0.1, -0.05) is 12.1 Å². The van der Waals surface area contributed by atoms with Crippen LogP contribution in [0.25, 0.3) is 0 Å². The Morgan fingerprint density at radius 2 is 2.06 bits per heavy atom. The average molecular weight is 218 g/mol. The largest absolute Gasteiger partial charge is 0.324 e. The average Bonchev–Trinajstić information content (AvgIpc) is 2.69. The van der Waals surface area contributed by atoms with E-state index in [1.165, 1.54) is 25.3 Å². The van der Waals surface area contributed by atoms with Gasteiger partial charge < -0.3 is 4.57 Å². The molecule has 0 N–H and O–H groups in total. The summed E-state index contributed by atoms with van der Waals surface area (Å²) in [4.78, 5) is 15.2. The molecule has 0 saturated carbocycles. The molecule has 0 bridgehead atoms. The maximum atomic E-state index is 12.7. The summed E-state index contributed by atoms with van der Waals surface area (Å²) >= 11 is 0. The summed E-state index contributed by atoms with van der Waals surface area (Å²) in [6.45, 7) is 2.02. The molecule has 0 fully saturated rings. The quantitative estimate of drug-likeness (QED) is 0.741. The molecule has 0 aliphatic heterocycles. The fourth-order valence-electron chi connectivity index (χ4n) is 1.53. The van der Waals surface area contributed by atoms with Gasteiger partial charge in [0, 0.05) is 13.5 Å². The number of ketones is 1. The molecule has 0 aliphatic rings. The van der Waals surface area contributed by atoms with Crippen molar-refractivity contribution in [1.82, 2.24) is 9.55 Å². The minimum Gasteiger partial charge on any atom is -0.324 e. The number of Topliss-reactive ketones (excluding diaryl/α,β-unsaturated/α-hetero) is 1. The van der Waals surface area contributed by atoms with Crippen LogP contribution >= 0.6 is 0 Å². The summed E-state index contributed by atoms with van der Waals surface area (Å²) in [6.07, 6.45) is 3.13. The lowest BCUT2D eigenvalue weighted by Crippen LogP contribution is -2.06. The van der Waals surface area contributed by atoms with Crippen LogP contribution in [0.3, 0.4) is 0 Å². The van der Waals surface area contributed by atoms with Crippen LogP contribution in [0.4, 0.5) is 4.39 Å². The van der Waals surface area contributed by atoms with Gasteiger partial charge in [-0.2, -0.15) is 0 Å². The van der Waals surface area contributed by atoms with Gasteiger partial charge in [0.05, 0.1) is 12.5 Å². The smallest absolute Gasteiger partial charge is 0.177 e. The topological polar surface area (TPSA) is 34.9 Å². The van der Waals surface area contributed by atoms with Crippen LogP contribution in [0.1, 0.15) is 23.0 Å². The number of benzene rings is 1. The normalized spacial score (nSPS) is 10.4. The molecular formula is C12H11FN2O. The van der Waals surface area contributed by atoms with Gasteiger partial charge in [0.1, 0.15) is 11.5 Å². The molecule has 16 heavy (non-hydrogen) atoms. The van der Waals surface area contributed by atoms with Crippen molar-refractivity contribution in [2.45, 2.75) is 13.5 Å². The Morgan fingerprint density at radius 1 is 1.38 bits per heavy atom. The monoisotopic (exact) mass is 218 g/mol. The summed E-state index contributed by atoms with van der Waals surface area (Å²) < 4.78 is 14.4. The second-order valence-corrected chi connectivity index (χ2v) is 3.59. The first kappa shape index (κ1) is 10.5. The van der Waals surface area contributed by atoms with E-state index in [9.17, 15) is 9.18 Å². The highest BCUT2D eigenvalue weighted by Crippen LogP contribution is 2.08. The maximum absolute atomic E-state index is 12.7. The van der Waals surface area contributed by atoms with Crippen LogP contribution in [-0.2, 0) is 6.54 Å². The summed E-state index contributed by atoms with van der Waals surface area (Å²) in [5.74, 6) is -0.291. The number of hydrogen-bond donors (Lipinski definition) is 0. The number of carbonyl (C=O) groups excluding carboxylic acids is 1. The third kappa shape index (κ3) is 2.16. The van der Waals surface area contributed by atoms with Crippen molar-refractivity contribution in [3.05, 3.63) is 53.9 Å².